The number of hydrogen-bond donors (Lipinski definition) is 0. The van der Waals surface area contributed by atoms with Gasteiger partial charge >= 0.3 is 6.03 Å². The second kappa shape index (κ2) is 6.47. The maximum atomic E-state index is 12.6. The summed E-state index contributed by atoms with van der Waals surface area (Å²) in [6.45, 7) is 1.22. The molecule has 0 spiro atoms. The lowest BCUT2D eigenvalue weighted by Gasteiger charge is -2.30. The summed E-state index contributed by atoms with van der Waals surface area (Å²) in [4.78, 5) is 42.0. The van der Waals surface area contributed by atoms with Crippen LogP contribution < -0.4 is 0 Å². The fourth-order valence-electron chi connectivity index (χ4n) is 3.24. The third-order valence-corrected chi connectivity index (χ3v) is 5.54. The Morgan fingerprint density at radius 1 is 1.25 bits per heavy atom. The number of hydrogen-bond acceptors (Lipinski definition) is 4. The van der Waals surface area contributed by atoms with E-state index in [1.807, 2.05) is 6.26 Å². The third kappa shape index (κ3) is 2.88. The smallest absolute Gasteiger partial charge is 0.326 e. The van der Waals surface area contributed by atoms with Gasteiger partial charge in [-0.25, -0.2) is 4.79 Å². The first kappa shape index (κ1) is 16.8. The van der Waals surface area contributed by atoms with Gasteiger partial charge in [0.25, 0.3) is 5.91 Å². The van der Waals surface area contributed by atoms with Crippen LogP contribution in [0.4, 0.5) is 4.79 Å². The Morgan fingerprint density at radius 3 is 2.62 bits per heavy atom. The quantitative estimate of drug-likeness (QED) is 0.615. The summed E-state index contributed by atoms with van der Waals surface area (Å²) >= 11 is 1.71. The molecule has 0 aromatic heterocycles. The lowest BCUT2D eigenvalue weighted by Crippen LogP contribution is -2.41. The van der Waals surface area contributed by atoms with Crippen LogP contribution in [0.3, 0.4) is 0 Å². The van der Waals surface area contributed by atoms with Crippen molar-refractivity contribution in [1.29, 1.82) is 0 Å². The highest BCUT2D eigenvalue weighted by atomic mass is 32.2. The van der Waals surface area contributed by atoms with E-state index in [-0.39, 0.29) is 24.3 Å². The van der Waals surface area contributed by atoms with Crippen LogP contribution in [0, 0.1) is 0 Å². The molecule has 1 atom stereocenters. The first-order valence-electron chi connectivity index (χ1n) is 7.90. The maximum Gasteiger partial charge on any atom is 0.326 e. The topological polar surface area (TPSA) is 60.9 Å². The van der Waals surface area contributed by atoms with Crippen molar-refractivity contribution in [2.24, 2.45) is 0 Å². The number of carbonyl (C=O) groups excluding carboxylic acids is 3. The Labute approximate surface area is 145 Å². The van der Waals surface area contributed by atoms with Crippen molar-refractivity contribution in [3.8, 4) is 0 Å². The lowest BCUT2D eigenvalue weighted by atomic mass is 9.99. The number of fused-ring (bicyclic) bond motifs is 1. The second-order valence-corrected chi connectivity index (χ2v) is 7.09. The normalized spacial score (nSPS) is 20.6. The third-order valence-electron chi connectivity index (χ3n) is 4.82. The highest BCUT2D eigenvalue weighted by Crippen LogP contribution is 2.25. The van der Waals surface area contributed by atoms with Gasteiger partial charge in [-0.15, -0.1) is 11.8 Å². The minimum atomic E-state index is -0.685. The van der Waals surface area contributed by atoms with Crippen LogP contribution in [-0.2, 0) is 22.6 Å². The SMILES string of the molecule is CSc1ccc2c(c1)CCN(C(=O)CC1C(=O)N(C)C(=O)N1C)C2. The number of amides is 4. The molecule has 0 radical (unpaired) electrons. The molecule has 0 saturated carbocycles. The number of imide groups is 1. The maximum absolute atomic E-state index is 12.6. The average Bonchev–Trinajstić information content (AvgIpc) is 2.78. The standard InChI is InChI=1S/C17H21N3O3S/c1-18-14(16(22)19(2)17(18)23)9-15(21)20-7-6-11-8-13(24-3)5-4-12(11)10-20/h4-5,8,14H,6-7,9-10H2,1-3H3. The highest BCUT2D eigenvalue weighted by molar-refractivity contribution is 7.98. The minimum absolute atomic E-state index is 0.0453. The van der Waals surface area contributed by atoms with E-state index in [0.29, 0.717) is 13.1 Å². The van der Waals surface area contributed by atoms with E-state index < -0.39 is 6.04 Å². The number of urea groups is 1. The largest absolute Gasteiger partial charge is 0.338 e. The highest BCUT2D eigenvalue weighted by Gasteiger charge is 2.42. The molecule has 1 aromatic carbocycles. The molecule has 7 heteroatoms. The van der Waals surface area contributed by atoms with Crippen LogP contribution in [0.5, 0.6) is 0 Å². The van der Waals surface area contributed by atoms with Gasteiger partial charge in [0.15, 0.2) is 0 Å². The molecule has 0 aliphatic carbocycles. The van der Waals surface area contributed by atoms with Gasteiger partial charge in [0, 0.05) is 32.1 Å². The molecule has 2 aliphatic rings. The molecule has 6 nitrogen and oxygen atoms in total. The van der Waals surface area contributed by atoms with Crippen molar-refractivity contribution in [3.05, 3.63) is 29.3 Å². The summed E-state index contributed by atoms with van der Waals surface area (Å²) in [6, 6.07) is 5.29. The fourth-order valence-corrected chi connectivity index (χ4v) is 3.71. The Kier molecular flexibility index (Phi) is 4.54. The summed E-state index contributed by atoms with van der Waals surface area (Å²) in [6.07, 6.45) is 2.92. The van der Waals surface area contributed by atoms with Gasteiger partial charge in [-0.2, -0.15) is 0 Å². The number of nitrogens with zero attached hydrogens (tertiary/aromatic N) is 3. The summed E-state index contributed by atoms with van der Waals surface area (Å²) in [5, 5.41) is 0. The molecule has 1 fully saturated rings. The molecule has 128 valence electrons. The number of benzene rings is 1. The van der Waals surface area contributed by atoms with Crippen LogP contribution in [0.1, 0.15) is 17.5 Å². The molecule has 1 unspecified atom stereocenters. The van der Waals surface area contributed by atoms with Crippen LogP contribution in [0.2, 0.25) is 0 Å². The van der Waals surface area contributed by atoms with Gasteiger partial charge < -0.3 is 9.80 Å². The molecule has 2 heterocycles. The van der Waals surface area contributed by atoms with Crippen molar-refractivity contribution in [1.82, 2.24) is 14.7 Å². The summed E-state index contributed by atoms with van der Waals surface area (Å²) in [5.74, 6) is -0.388. The van der Waals surface area contributed by atoms with E-state index in [9.17, 15) is 14.4 Å². The van der Waals surface area contributed by atoms with Crippen molar-refractivity contribution < 1.29 is 14.4 Å². The van der Waals surface area contributed by atoms with Crippen LogP contribution >= 0.6 is 11.8 Å². The monoisotopic (exact) mass is 347 g/mol. The number of thioether (sulfide) groups is 1. The summed E-state index contributed by atoms with van der Waals surface area (Å²) in [7, 11) is 3.02. The average molecular weight is 347 g/mol. The van der Waals surface area contributed by atoms with E-state index in [4.69, 9.17) is 0 Å². The van der Waals surface area contributed by atoms with Crippen molar-refractivity contribution >= 4 is 29.6 Å². The Bertz CT molecular complexity index is 706. The van der Waals surface area contributed by atoms with Gasteiger partial charge in [0.05, 0.1) is 6.42 Å². The van der Waals surface area contributed by atoms with Crippen LogP contribution in [0.15, 0.2) is 23.1 Å². The van der Waals surface area contributed by atoms with Crippen molar-refractivity contribution in [2.45, 2.75) is 30.3 Å². The second-order valence-electron chi connectivity index (χ2n) is 6.21. The van der Waals surface area contributed by atoms with Crippen molar-refractivity contribution in [2.75, 3.05) is 26.9 Å². The van der Waals surface area contributed by atoms with Gasteiger partial charge in [0.1, 0.15) is 6.04 Å². The van der Waals surface area contributed by atoms with E-state index in [1.54, 1.807) is 23.7 Å². The van der Waals surface area contributed by atoms with E-state index in [1.165, 1.54) is 22.4 Å². The zero-order valence-electron chi connectivity index (χ0n) is 14.1. The molecule has 0 bridgehead atoms. The zero-order valence-corrected chi connectivity index (χ0v) is 14.9. The van der Waals surface area contributed by atoms with Crippen LogP contribution in [0.25, 0.3) is 0 Å². The van der Waals surface area contributed by atoms with Gasteiger partial charge in [-0.3, -0.25) is 14.5 Å². The molecule has 3 rings (SSSR count). The predicted octanol–water partition coefficient (Wildman–Crippen LogP) is 1.58. The number of likely N-dealkylation sites (N-methyl/N-ethyl adjacent to an activating group) is 2. The fraction of sp³-hybridized carbons (Fsp3) is 0.471. The Hall–Kier alpha value is -2.02. The molecular weight excluding hydrogens is 326 g/mol. The van der Waals surface area contributed by atoms with Crippen molar-refractivity contribution in [3.63, 3.8) is 0 Å². The zero-order chi connectivity index (χ0) is 17.4. The molecule has 24 heavy (non-hydrogen) atoms. The molecule has 2 aliphatic heterocycles. The van der Waals surface area contributed by atoms with Crippen LogP contribution in [-0.4, -0.2) is 65.5 Å². The first-order chi connectivity index (χ1) is 11.4. The van der Waals surface area contributed by atoms with Gasteiger partial charge in [0.2, 0.25) is 5.91 Å². The van der Waals surface area contributed by atoms with Gasteiger partial charge in [-0.05, 0) is 35.9 Å². The Balaban J connectivity index is 1.68. The molecule has 1 saturated heterocycles. The lowest BCUT2D eigenvalue weighted by molar-refractivity contribution is -0.137. The first-order valence-corrected chi connectivity index (χ1v) is 9.12. The van der Waals surface area contributed by atoms with E-state index >= 15 is 0 Å². The summed E-state index contributed by atoms with van der Waals surface area (Å²) < 4.78 is 0. The molecular formula is C17H21N3O3S. The van der Waals surface area contributed by atoms with E-state index in [0.717, 1.165) is 16.9 Å². The Morgan fingerprint density at radius 2 is 2.00 bits per heavy atom. The molecule has 4 amide bonds. The number of rotatable bonds is 3. The number of carbonyl (C=O) groups is 3. The molecule has 0 N–H and O–H groups in total. The minimum Gasteiger partial charge on any atom is -0.338 e. The van der Waals surface area contributed by atoms with E-state index in [2.05, 4.69) is 18.2 Å². The predicted molar refractivity (Wildman–Crippen MR) is 91.7 cm³/mol. The van der Waals surface area contributed by atoms with Gasteiger partial charge in [-0.1, -0.05) is 6.07 Å². The summed E-state index contributed by atoms with van der Waals surface area (Å²) in [5.41, 5.74) is 2.45. The molecule has 1 aromatic rings.